The number of primary amides is 1. The van der Waals surface area contributed by atoms with E-state index >= 15 is 0 Å². The number of carbonyl (C=O) groups is 2. The molecule has 0 bridgehead atoms. The molecule has 0 unspecified atom stereocenters. The van der Waals surface area contributed by atoms with Gasteiger partial charge in [0, 0.05) is 37.6 Å². The molecule has 0 aromatic rings. The van der Waals surface area contributed by atoms with E-state index in [0.717, 1.165) is 25.9 Å². The second-order valence-electron chi connectivity index (χ2n) is 6.51. The van der Waals surface area contributed by atoms with Gasteiger partial charge in [0.25, 0.3) is 0 Å². The first-order chi connectivity index (χ1) is 9.26. The molecule has 4 N–H and O–H groups in total. The van der Waals surface area contributed by atoms with Gasteiger partial charge < -0.3 is 16.4 Å². The summed E-state index contributed by atoms with van der Waals surface area (Å²) in [4.78, 5) is 24.7. The molecule has 1 heterocycles. The fraction of sp³-hybridized carbons (Fsp3) is 0.857. The van der Waals surface area contributed by atoms with Crippen molar-refractivity contribution in [1.82, 2.24) is 15.5 Å². The van der Waals surface area contributed by atoms with Gasteiger partial charge in [0.1, 0.15) is 0 Å². The first kappa shape index (κ1) is 16.9. The van der Waals surface area contributed by atoms with Crippen molar-refractivity contribution in [2.24, 2.45) is 5.73 Å². The van der Waals surface area contributed by atoms with Crippen LogP contribution in [0.25, 0.3) is 0 Å². The van der Waals surface area contributed by atoms with E-state index in [-0.39, 0.29) is 23.4 Å². The van der Waals surface area contributed by atoms with Gasteiger partial charge in [0.2, 0.25) is 11.8 Å². The average Bonchev–Trinajstić information content (AvgIpc) is 2.29. The molecule has 20 heavy (non-hydrogen) atoms. The molecule has 6 heteroatoms. The molecule has 0 spiro atoms. The Labute approximate surface area is 121 Å². The smallest absolute Gasteiger partial charge is 0.231 e. The lowest BCUT2D eigenvalue weighted by molar-refractivity contribution is -0.123. The summed E-state index contributed by atoms with van der Waals surface area (Å²) in [5.74, 6) is -0.198. The van der Waals surface area contributed by atoms with Crippen molar-refractivity contribution >= 4 is 11.8 Å². The third-order valence-electron chi connectivity index (χ3n) is 3.34. The fourth-order valence-corrected chi connectivity index (χ4v) is 2.31. The van der Waals surface area contributed by atoms with E-state index < -0.39 is 0 Å². The van der Waals surface area contributed by atoms with Crippen LogP contribution in [0, 0.1) is 0 Å². The number of piperidine rings is 1. The number of likely N-dealkylation sites (tertiary alicyclic amines) is 1. The van der Waals surface area contributed by atoms with Crippen LogP contribution in [0.2, 0.25) is 0 Å². The lowest BCUT2D eigenvalue weighted by atomic mass is 10.0. The van der Waals surface area contributed by atoms with E-state index in [2.05, 4.69) is 31.4 Å². The standard InChI is InChI=1S/C14H28N4O2/c1-14(2,3)16-7-4-13(20)17-11-5-8-18(9-6-11)10-12(15)19/h11,16H,4-10H2,1-3H3,(H2,15,19)(H,17,20). The van der Waals surface area contributed by atoms with Crippen LogP contribution in [-0.4, -0.2) is 54.5 Å². The summed E-state index contributed by atoms with van der Waals surface area (Å²) < 4.78 is 0. The number of nitrogens with zero attached hydrogens (tertiary/aromatic N) is 1. The predicted octanol–water partition coefficient (Wildman–Crippen LogP) is -0.169. The Balaban J connectivity index is 2.16. The third kappa shape index (κ3) is 7.45. The Morgan fingerprint density at radius 2 is 1.85 bits per heavy atom. The average molecular weight is 284 g/mol. The number of hydrogen-bond donors (Lipinski definition) is 3. The van der Waals surface area contributed by atoms with Gasteiger partial charge in [0.15, 0.2) is 0 Å². The monoisotopic (exact) mass is 284 g/mol. The molecule has 0 saturated carbocycles. The molecule has 0 aromatic heterocycles. The molecule has 6 nitrogen and oxygen atoms in total. The molecule has 0 atom stereocenters. The van der Waals surface area contributed by atoms with E-state index in [4.69, 9.17) is 5.73 Å². The third-order valence-corrected chi connectivity index (χ3v) is 3.34. The van der Waals surface area contributed by atoms with E-state index in [9.17, 15) is 9.59 Å². The second-order valence-corrected chi connectivity index (χ2v) is 6.51. The van der Waals surface area contributed by atoms with E-state index in [1.807, 2.05) is 4.90 Å². The molecule has 0 radical (unpaired) electrons. The van der Waals surface area contributed by atoms with Crippen LogP contribution < -0.4 is 16.4 Å². The van der Waals surface area contributed by atoms with Gasteiger partial charge in [-0.25, -0.2) is 0 Å². The SMILES string of the molecule is CC(C)(C)NCCC(=O)NC1CCN(CC(N)=O)CC1. The molecular weight excluding hydrogens is 256 g/mol. The Bertz CT molecular complexity index is 331. The van der Waals surface area contributed by atoms with Crippen molar-refractivity contribution in [1.29, 1.82) is 0 Å². The molecule has 0 aliphatic carbocycles. The summed E-state index contributed by atoms with van der Waals surface area (Å²) in [6.45, 7) is 8.88. The summed E-state index contributed by atoms with van der Waals surface area (Å²) in [6, 6.07) is 0.223. The van der Waals surface area contributed by atoms with E-state index in [1.54, 1.807) is 0 Å². The first-order valence-corrected chi connectivity index (χ1v) is 7.31. The molecule has 1 rings (SSSR count). The minimum absolute atomic E-state index is 0.0420. The number of amides is 2. The van der Waals surface area contributed by atoms with Crippen molar-refractivity contribution in [3.63, 3.8) is 0 Å². The zero-order valence-electron chi connectivity index (χ0n) is 12.9. The van der Waals surface area contributed by atoms with Crippen LogP contribution in [0.3, 0.4) is 0 Å². The van der Waals surface area contributed by atoms with Gasteiger partial charge >= 0.3 is 0 Å². The van der Waals surface area contributed by atoms with Gasteiger partial charge in [-0.05, 0) is 33.6 Å². The Hall–Kier alpha value is -1.14. The van der Waals surface area contributed by atoms with Crippen LogP contribution in [0.4, 0.5) is 0 Å². The van der Waals surface area contributed by atoms with Crippen molar-refractivity contribution in [2.75, 3.05) is 26.2 Å². The number of carbonyl (C=O) groups excluding carboxylic acids is 2. The summed E-state index contributed by atoms with van der Waals surface area (Å²) >= 11 is 0. The largest absolute Gasteiger partial charge is 0.369 e. The second kappa shape index (κ2) is 7.59. The molecule has 1 aliphatic heterocycles. The number of hydrogen-bond acceptors (Lipinski definition) is 4. The van der Waals surface area contributed by atoms with Gasteiger partial charge in [-0.1, -0.05) is 0 Å². The zero-order valence-corrected chi connectivity index (χ0v) is 12.9. The minimum Gasteiger partial charge on any atom is -0.369 e. The van der Waals surface area contributed by atoms with Crippen molar-refractivity contribution in [3.8, 4) is 0 Å². The van der Waals surface area contributed by atoms with Crippen LogP contribution in [-0.2, 0) is 9.59 Å². The quantitative estimate of drug-likeness (QED) is 0.632. The molecule has 1 aliphatic rings. The van der Waals surface area contributed by atoms with Gasteiger partial charge in [-0.3, -0.25) is 14.5 Å². The first-order valence-electron chi connectivity index (χ1n) is 7.31. The summed E-state index contributed by atoms with van der Waals surface area (Å²) in [5.41, 5.74) is 5.21. The van der Waals surface area contributed by atoms with Crippen LogP contribution in [0.1, 0.15) is 40.0 Å². The van der Waals surface area contributed by atoms with Gasteiger partial charge in [-0.2, -0.15) is 0 Å². The number of nitrogens with two attached hydrogens (primary N) is 1. The van der Waals surface area contributed by atoms with Crippen LogP contribution in [0.15, 0.2) is 0 Å². The van der Waals surface area contributed by atoms with Crippen molar-refractivity contribution in [2.45, 2.75) is 51.6 Å². The van der Waals surface area contributed by atoms with E-state index in [1.165, 1.54) is 0 Å². The maximum Gasteiger partial charge on any atom is 0.231 e. The van der Waals surface area contributed by atoms with Crippen LogP contribution in [0.5, 0.6) is 0 Å². The van der Waals surface area contributed by atoms with E-state index in [0.29, 0.717) is 19.5 Å². The summed E-state index contributed by atoms with van der Waals surface area (Å²) in [6.07, 6.45) is 2.26. The molecule has 116 valence electrons. The maximum atomic E-state index is 11.8. The van der Waals surface area contributed by atoms with Gasteiger partial charge in [-0.15, -0.1) is 0 Å². The highest BCUT2D eigenvalue weighted by atomic mass is 16.2. The molecular formula is C14H28N4O2. The summed E-state index contributed by atoms with van der Waals surface area (Å²) in [7, 11) is 0. The molecule has 0 aromatic carbocycles. The highest BCUT2D eigenvalue weighted by molar-refractivity contribution is 5.76. The minimum atomic E-state index is -0.291. The van der Waals surface area contributed by atoms with Crippen LogP contribution >= 0.6 is 0 Å². The Kier molecular flexibility index (Phi) is 6.42. The highest BCUT2D eigenvalue weighted by Crippen LogP contribution is 2.10. The Morgan fingerprint density at radius 1 is 1.25 bits per heavy atom. The van der Waals surface area contributed by atoms with Gasteiger partial charge in [0.05, 0.1) is 6.54 Å². The lowest BCUT2D eigenvalue weighted by Gasteiger charge is -2.31. The predicted molar refractivity (Wildman–Crippen MR) is 79.2 cm³/mol. The topological polar surface area (TPSA) is 87.5 Å². The fourth-order valence-electron chi connectivity index (χ4n) is 2.31. The molecule has 2 amide bonds. The molecule has 1 saturated heterocycles. The normalized spacial score (nSPS) is 17.9. The highest BCUT2D eigenvalue weighted by Gasteiger charge is 2.21. The Morgan fingerprint density at radius 3 is 2.35 bits per heavy atom. The molecule has 1 fully saturated rings. The zero-order chi connectivity index (χ0) is 15.2. The number of rotatable bonds is 6. The maximum absolute atomic E-state index is 11.8. The van der Waals surface area contributed by atoms with Crippen molar-refractivity contribution < 1.29 is 9.59 Å². The van der Waals surface area contributed by atoms with Crippen molar-refractivity contribution in [3.05, 3.63) is 0 Å². The lowest BCUT2D eigenvalue weighted by Crippen LogP contribution is -2.47. The number of nitrogens with one attached hydrogen (secondary N) is 2. The summed E-state index contributed by atoms with van der Waals surface area (Å²) in [5, 5.41) is 6.36.